The number of benzene rings is 2. The van der Waals surface area contributed by atoms with Crippen LogP contribution in [0.5, 0.6) is 0 Å². The van der Waals surface area contributed by atoms with Gasteiger partial charge in [-0.1, -0.05) is 47.5 Å². The highest BCUT2D eigenvalue weighted by atomic mass is 35.5. The standard InChI is InChI=1S/C21H17Cl2N3O2/c1-26-17-7-6-16(22)19(23)15(17)10-18(26)20(27)25-21(11-28-12-21)14-4-2-13(3-5-14)8-9-24/h2-7,10H,8,11-12H2,1H3,(H,25,27). The first-order chi connectivity index (χ1) is 13.4. The van der Waals surface area contributed by atoms with Gasteiger partial charge in [-0.25, -0.2) is 0 Å². The van der Waals surface area contributed by atoms with E-state index in [0.717, 1.165) is 22.0 Å². The molecule has 1 aliphatic heterocycles. The molecule has 0 saturated carbocycles. The van der Waals surface area contributed by atoms with Gasteiger partial charge in [-0.2, -0.15) is 5.26 Å². The van der Waals surface area contributed by atoms with E-state index in [4.69, 9.17) is 33.2 Å². The molecule has 1 amide bonds. The number of nitrogens with zero attached hydrogens (tertiary/aromatic N) is 2. The maximum atomic E-state index is 13.1. The van der Waals surface area contributed by atoms with E-state index in [1.165, 1.54) is 0 Å². The molecule has 1 saturated heterocycles. The normalized spacial score (nSPS) is 15.1. The summed E-state index contributed by atoms with van der Waals surface area (Å²) in [4.78, 5) is 13.1. The zero-order valence-electron chi connectivity index (χ0n) is 15.1. The third-order valence-electron chi connectivity index (χ3n) is 5.19. The number of amides is 1. The summed E-state index contributed by atoms with van der Waals surface area (Å²) in [5.74, 6) is -0.213. The summed E-state index contributed by atoms with van der Waals surface area (Å²) in [6.07, 6.45) is 0.357. The number of rotatable bonds is 4. The number of hydrogen-bond donors (Lipinski definition) is 1. The summed E-state index contributed by atoms with van der Waals surface area (Å²) < 4.78 is 7.22. The molecule has 7 heteroatoms. The van der Waals surface area contributed by atoms with E-state index in [1.807, 2.05) is 37.4 Å². The van der Waals surface area contributed by atoms with E-state index < -0.39 is 5.54 Å². The van der Waals surface area contributed by atoms with Crippen molar-refractivity contribution in [3.63, 3.8) is 0 Å². The third kappa shape index (κ3) is 3.04. The number of ether oxygens (including phenoxy) is 1. The molecule has 0 unspecified atom stereocenters. The molecule has 28 heavy (non-hydrogen) atoms. The Morgan fingerprint density at radius 2 is 1.96 bits per heavy atom. The van der Waals surface area contributed by atoms with Crippen molar-refractivity contribution in [3.8, 4) is 6.07 Å². The molecule has 0 radical (unpaired) electrons. The van der Waals surface area contributed by atoms with Crippen molar-refractivity contribution in [3.05, 3.63) is 69.3 Å². The minimum atomic E-state index is -0.583. The average Bonchev–Trinajstić information content (AvgIpc) is 3.00. The van der Waals surface area contributed by atoms with Crippen LogP contribution >= 0.6 is 23.2 Å². The van der Waals surface area contributed by atoms with Gasteiger partial charge in [0, 0.05) is 18.0 Å². The molecule has 0 aliphatic carbocycles. The van der Waals surface area contributed by atoms with Crippen molar-refractivity contribution < 1.29 is 9.53 Å². The van der Waals surface area contributed by atoms with Crippen molar-refractivity contribution in [2.24, 2.45) is 7.05 Å². The van der Waals surface area contributed by atoms with Crippen molar-refractivity contribution in [1.29, 1.82) is 5.26 Å². The lowest BCUT2D eigenvalue weighted by atomic mass is 9.87. The van der Waals surface area contributed by atoms with E-state index in [-0.39, 0.29) is 5.91 Å². The van der Waals surface area contributed by atoms with Gasteiger partial charge < -0.3 is 14.6 Å². The van der Waals surface area contributed by atoms with Gasteiger partial charge in [-0.15, -0.1) is 0 Å². The van der Waals surface area contributed by atoms with Crippen molar-refractivity contribution in [1.82, 2.24) is 9.88 Å². The number of nitriles is 1. The highest BCUT2D eigenvalue weighted by molar-refractivity contribution is 6.45. The maximum Gasteiger partial charge on any atom is 0.268 e. The maximum absolute atomic E-state index is 13.1. The molecule has 0 bridgehead atoms. The highest BCUT2D eigenvalue weighted by Crippen LogP contribution is 2.34. The van der Waals surface area contributed by atoms with Crippen LogP contribution in [-0.2, 0) is 23.7 Å². The molecular weight excluding hydrogens is 397 g/mol. The largest absolute Gasteiger partial charge is 0.376 e. The summed E-state index contributed by atoms with van der Waals surface area (Å²) in [5.41, 5.74) is 2.63. The van der Waals surface area contributed by atoms with Crippen LogP contribution in [0.2, 0.25) is 10.0 Å². The number of fused-ring (bicyclic) bond motifs is 1. The van der Waals surface area contributed by atoms with Gasteiger partial charge in [0.25, 0.3) is 5.91 Å². The molecule has 4 rings (SSSR count). The van der Waals surface area contributed by atoms with Crippen LogP contribution in [0.1, 0.15) is 21.6 Å². The van der Waals surface area contributed by atoms with Gasteiger partial charge in [0.2, 0.25) is 0 Å². The third-order valence-corrected chi connectivity index (χ3v) is 6.00. The van der Waals surface area contributed by atoms with Crippen LogP contribution in [0.4, 0.5) is 0 Å². The Labute approximate surface area is 172 Å². The SMILES string of the molecule is Cn1c(C(=O)NC2(c3ccc(CC#N)cc3)COC2)cc2c(Cl)c(Cl)ccc21. The number of halogens is 2. The monoisotopic (exact) mass is 413 g/mol. The smallest absolute Gasteiger partial charge is 0.268 e. The van der Waals surface area contributed by atoms with Gasteiger partial charge in [0.1, 0.15) is 11.2 Å². The molecular formula is C21H17Cl2N3O2. The number of carbonyl (C=O) groups is 1. The van der Waals surface area contributed by atoms with Crippen LogP contribution < -0.4 is 5.32 Å². The van der Waals surface area contributed by atoms with Gasteiger partial charge in [-0.3, -0.25) is 4.79 Å². The van der Waals surface area contributed by atoms with E-state index in [9.17, 15) is 4.79 Å². The predicted octanol–water partition coefficient (Wildman–Crippen LogP) is 4.21. The number of hydrogen-bond acceptors (Lipinski definition) is 3. The van der Waals surface area contributed by atoms with Crippen molar-refractivity contribution in [2.75, 3.05) is 13.2 Å². The summed E-state index contributed by atoms with van der Waals surface area (Å²) in [6, 6.07) is 15.1. The second kappa shape index (κ2) is 7.14. The van der Waals surface area contributed by atoms with Gasteiger partial charge >= 0.3 is 0 Å². The van der Waals surface area contributed by atoms with Crippen LogP contribution in [0.15, 0.2) is 42.5 Å². The van der Waals surface area contributed by atoms with Gasteiger partial charge in [0.05, 0.1) is 35.7 Å². The topological polar surface area (TPSA) is 67.0 Å². The molecule has 1 aromatic heterocycles. The summed E-state index contributed by atoms with van der Waals surface area (Å²) >= 11 is 12.4. The number of nitrogens with one attached hydrogen (secondary N) is 1. The molecule has 1 fully saturated rings. The Bertz CT molecular complexity index is 1110. The van der Waals surface area contributed by atoms with Gasteiger partial charge in [-0.05, 0) is 29.3 Å². The number of carbonyl (C=O) groups excluding carboxylic acids is 1. The average molecular weight is 414 g/mol. The summed E-state index contributed by atoms with van der Waals surface area (Å²) in [6.45, 7) is 0.791. The first-order valence-electron chi connectivity index (χ1n) is 8.75. The van der Waals surface area contributed by atoms with Crippen LogP contribution in [0.3, 0.4) is 0 Å². The number of aryl methyl sites for hydroxylation is 1. The fraction of sp³-hybridized carbons (Fsp3) is 0.238. The first-order valence-corrected chi connectivity index (χ1v) is 9.51. The Morgan fingerprint density at radius 1 is 1.25 bits per heavy atom. The summed E-state index contributed by atoms with van der Waals surface area (Å²) in [5, 5.41) is 13.6. The van der Waals surface area contributed by atoms with Crippen LogP contribution in [-0.4, -0.2) is 23.7 Å². The molecule has 2 heterocycles. The Morgan fingerprint density at radius 3 is 2.57 bits per heavy atom. The fourth-order valence-corrected chi connectivity index (χ4v) is 3.88. The molecule has 3 aromatic rings. The quantitative estimate of drug-likeness (QED) is 0.696. The Hall–Kier alpha value is -2.52. The Kier molecular flexibility index (Phi) is 4.80. The fourth-order valence-electron chi connectivity index (χ4n) is 3.50. The number of aromatic nitrogens is 1. The van der Waals surface area contributed by atoms with Crippen LogP contribution in [0, 0.1) is 11.3 Å². The molecule has 1 aliphatic rings. The lowest BCUT2D eigenvalue weighted by Crippen LogP contribution is -2.59. The second-order valence-corrected chi connectivity index (χ2v) is 7.73. The zero-order chi connectivity index (χ0) is 19.9. The molecule has 0 atom stereocenters. The molecule has 142 valence electrons. The Balaban J connectivity index is 1.65. The van der Waals surface area contributed by atoms with Crippen molar-refractivity contribution in [2.45, 2.75) is 12.0 Å². The van der Waals surface area contributed by atoms with E-state index in [2.05, 4.69) is 11.4 Å². The lowest BCUT2D eigenvalue weighted by Gasteiger charge is -2.42. The van der Waals surface area contributed by atoms with E-state index in [0.29, 0.717) is 35.4 Å². The first kappa shape index (κ1) is 18.8. The zero-order valence-corrected chi connectivity index (χ0v) is 16.6. The van der Waals surface area contributed by atoms with E-state index >= 15 is 0 Å². The second-order valence-electron chi connectivity index (χ2n) is 6.94. The minimum Gasteiger partial charge on any atom is -0.376 e. The minimum absolute atomic E-state index is 0.213. The van der Waals surface area contributed by atoms with Crippen molar-refractivity contribution >= 4 is 40.0 Å². The van der Waals surface area contributed by atoms with Crippen LogP contribution in [0.25, 0.3) is 10.9 Å². The lowest BCUT2D eigenvalue weighted by molar-refractivity contribution is -0.0734. The molecule has 5 nitrogen and oxygen atoms in total. The summed E-state index contributed by atoms with van der Waals surface area (Å²) in [7, 11) is 1.82. The van der Waals surface area contributed by atoms with Gasteiger partial charge in [0.15, 0.2) is 0 Å². The highest BCUT2D eigenvalue weighted by Gasteiger charge is 2.42. The molecule has 0 spiro atoms. The molecule has 1 N–H and O–H groups in total. The van der Waals surface area contributed by atoms with E-state index in [1.54, 1.807) is 16.7 Å². The predicted molar refractivity (Wildman–Crippen MR) is 109 cm³/mol. The molecule has 2 aromatic carbocycles.